The van der Waals surface area contributed by atoms with Gasteiger partial charge in [-0.2, -0.15) is 0 Å². The third-order valence-electron chi connectivity index (χ3n) is 2.78. The maximum Gasteiger partial charge on any atom is 0.194 e. The van der Waals surface area contributed by atoms with Crippen molar-refractivity contribution in [1.29, 1.82) is 0 Å². The average Bonchev–Trinajstić information content (AvgIpc) is 2.38. The lowest BCUT2D eigenvalue weighted by molar-refractivity contribution is 0.103. The van der Waals surface area contributed by atoms with Crippen LogP contribution in [0.15, 0.2) is 40.9 Å². The Hall–Kier alpha value is -1.68. The lowest BCUT2D eigenvalue weighted by Crippen LogP contribution is -2.03. The molecule has 2 aromatic carbocycles. The molecule has 0 amide bonds. The predicted molar refractivity (Wildman–Crippen MR) is 75.3 cm³/mol. The van der Waals surface area contributed by atoms with E-state index in [1.807, 2.05) is 19.1 Å². The number of carbonyl (C=O) groups excluding carboxylic acids is 1. The van der Waals surface area contributed by atoms with Gasteiger partial charge in [-0.3, -0.25) is 4.79 Å². The van der Waals surface area contributed by atoms with Crippen molar-refractivity contribution in [3.05, 3.63) is 63.4 Å². The molecule has 0 aliphatic carbocycles. The molecule has 0 atom stereocenters. The first kappa shape index (κ1) is 13.7. The van der Waals surface area contributed by atoms with Crippen LogP contribution in [-0.4, -0.2) is 12.9 Å². The highest BCUT2D eigenvalue weighted by atomic mass is 79.9. The summed E-state index contributed by atoms with van der Waals surface area (Å²) in [7, 11) is 1.39. The van der Waals surface area contributed by atoms with Crippen LogP contribution in [0.4, 0.5) is 4.39 Å². The van der Waals surface area contributed by atoms with Crippen LogP contribution < -0.4 is 4.74 Å². The van der Waals surface area contributed by atoms with Crippen molar-refractivity contribution < 1.29 is 13.9 Å². The summed E-state index contributed by atoms with van der Waals surface area (Å²) in [5.74, 6) is -0.649. The Kier molecular flexibility index (Phi) is 4.00. The van der Waals surface area contributed by atoms with E-state index >= 15 is 0 Å². The SMILES string of the molecule is COc1ccc(C(=O)c2ccc(C)cc2Br)cc1F. The number of carbonyl (C=O) groups is 1. The van der Waals surface area contributed by atoms with Crippen LogP contribution in [0.1, 0.15) is 21.5 Å². The summed E-state index contributed by atoms with van der Waals surface area (Å²) < 4.78 is 19.1. The van der Waals surface area contributed by atoms with E-state index < -0.39 is 5.82 Å². The quantitative estimate of drug-likeness (QED) is 0.794. The van der Waals surface area contributed by atoms with Gasteiger partial charge in [0.1, 0.15) is 0 Å². The van der Waals surface area contributed by atoms with Crippen LogP contribution in [0.25, 0.3) is 0 Å². The molecule has 0 unspecified atom stereocenters. The van der Waals surface area contributed by atoms with E-state index in [0.717, 1.165) is 5.56 Å². The molecule has 0 aromatic heterocycles. The number of hydrogen-bond donors (Lipinski definition) is 0. The molecule has 98 valence electrons. The number of hydrogen-bond acceptors (Lipinski definition) is 2. The first-order valence-corrected chi connectivity index (χ1v) is 6.46. The van der Waals surface area contributed by atoms with Crippen molar-refractivity contribution in [3.8, 4) is 5.75 Å². The molecule has 0 aliphatic rings. The number of ketones is 1. The molecule has 4 heteroatoms. The summed E-state index contributed by atoms with van der Waals surface area (Å²) in [5, 5.41) is 0. The van der Waals surface area contributed by atoms with E-state index in [-0.39, 0.29) is 11.5 Å². The maximum atomic E-state index is 13.6. The van der Waals surface area contributed by atoms with E-state index in [4.69, 9.17) is 4.74 Å². The zero-order valence-corrected chi connectivity index (χ0v) is 12.1. The lowest BCUT2D eigenvalue weighted by Gasteiger charge is -2.07. The summed E-state index contributed by atoms with van der Waals surface area (Å²) in [6, 6.07) is 9.61. The molecule has 2 nitrogen and oxygen atoms in total. The molecule has 0 fully saturated rings. The van der Waals surface area contributed by atoms with Crippen LogP contribution in [0.3, 0.4) is 0 Å². The molecule has 0 spiro atoms. The Morgan fingerprint density at radius 1 is 1.21 bits per heavy atom. The minimum atomic E-state index is -0.545. The second-order valence-corrected chi connectivity index (χ2v) is 5.02. The molecule has 0 saturated carbocycles. The minimum Gasteiger partial charge on any atom is -0.494 e. The zero-order valence-electron chi connectivity index (χ0n) is 10.5. The Balaban J connectivity index is 2.41. The van der Waals surface area contributed by atoms with Gasteiger partial charge in [-0.1, -0.05) is 22.0 Å². The molecule has 0 heterocycles. The fourth-order valence-corrected chi connectivity index (χ4v) is 2.44. The fourth-order valence-electron chi connectivity index (χ4n) is 1.77. The van der Waals surface area contributed by atoms with Crippen LogP contribution in [0, 0.1) is 12.7 Å². The number of ether oxygens (including phenoxy) is 1. The van der Waals surface area contributed by atoms with Crippen molar-refractivity contribution in [2.24, 2.45) is 0 Å². The van der Waals surface area contributed by atoms with Crippen LogP contribution in [0.2, 0.25) is 0 Å². The highest BCUT2D eigenvalue weighted by Gasteiger charge is 2.14. The molecule has 19 heavy (non-hydrogen) atoms. The molecular formula is C15H12BrFO2. The summed E-state index contributed by atoms with van der Waals surface area (Å²) in [4.78, 5) is 12.3. The van der Waals surface area contributed by atoms with Gasteiger partial charge in [0.25, 0.3) is 0 Å². The number of halogens is 2. The van der Waals surface area contributed by atoms with Gasteiger partial charge in [0.15, 0.2) is 17.3 Å². The molecule has 0 aliphatic heterocycles. The molecular weight excluding hydrogens is 311 g/mol. The average molecular weight is 323 g/mol. The highest BCUT2D eigenvalue weighted by Crippen LogP contribution is 2.24. The topological polar surface area (TPSA) is 26.3 Å². The smallest absolute Gasteiger partial charge is 0.194 e. The Labute approximate surface area is 119 Å². The summed E-state index contributed by atoms with van der Waals surface area (Å²) in [6.45, 7) is 1.94. The number of benzene rings is 2. The summed E-state index contributed by atoms with van der Waals surface area (Å²) >= 11 is 3.35. The molecule has 0 bridgehead atoms. The Morgan fingerprint density at radius 3 is 2.53 bits per heavy atom. The number of aryl methyl sites for hydroxylation is 1. The standard InChI is InChI=1S/C15H12BrFO2/c1-9-3-5-11(12(16)7-9)15(18)10-4-6-14(19-2)13(17)8-10/h3-8H,1-2H3. The summed E-state index contributed by atoms with van der Waals surface area (Å²) in [5.41, 5.74) is 1.85. The van der Waals surface area contributed by atoms with Gasteiger partial charge in [0.2, 0.25) is 0 Å². The maximum absolute atomic E-state index is 13.6. The van der Waals surface area contributed by atoms with Crippen LogP contribution in [0.5, 0.6) is 5.75 Å². The van der Waals surface area contributed by atoms with Gasteiger partial charge in [0, 0.05) is 15.6 Å². The second kappa shape index (κ2) is 5.53. The van der Waals surface area contributed by atoms with Crippen LogP contribution >= 0.6 is 15.9 Å². The Morgan fingerprint density at radius 2 is 1.95 bits per heavy atom. The first-order valence-electron chi connectivity index (χ1n) is 5.67. The highest BCUT2D eigenvalue weighted by molar-refractivity contribution is 9.10. The van der Waals surface area contributed by atoms with Gasteiger partial charge >= 0.3 is 0 Å². The summed E-state index contributed by atoms with van der Waals surface area (Å²) in [6.07, 6.45) is 0. The molecule has 0 radical (unpaired) electrons. The second-order valence-electron chi connectivity index (χ2n) is 4.16. The largest absolute Gasteiger partial charge is 0.494 e. The van der Waals surface area contributed by atoms with Crippen LogP contribution in [-0.2, 0) is 0 Å². The van der Waals surface area contributed by atoms with Gasteiger partial charge in [-0.15, -0.1) is 0 Å². The predicted octanol–water partition coefficient (Wildman–Crippen LogP) is 4.14. The van der Waals surface area contributed by atoms with E-state index in [0.29, 0.717) is 15.6 Å². The van der Waals surface area contributed by atoms with Gasteiger partial charge in [0.05, 0.1) is 7.11 Å². The van der Waals surface area contributed by atoms with Gasteiger partial charge < -0.3 is 4.74 Å². The molecule has 2 aromatic rings. The van der Waals surface area contributed by atoms with E-state index in [9.17, 15) is 9.18 Å². The number of methoxy groups -OCH3 is 1. The van der Waals surface area contributed by atoms with Gasteiger partial charge in [-0.05, 0) is 42.8 Å². The Bertz CT molecular complexity index is 638. The third-order valence-corrected chi connectivity index (χ3v) is 3.44. The van der Waals surface area contributed by atoms with Crippen molar-refractivity contribution in [3.63, 3.8) is 0 Å². The van der Waals surface area contributed by atoms with E-state index in [2.05, 4.69) is 15.9 Å². The monoisotopic (exact) mass is 322 g/mol. The number of rotatable bonds is 3. The van der Waals surface area contributed by atoms with Crippen molar-refractivity contribution in [1.82, 2.24) is 0 Å². The lowest BCUT2D eigenvalue weighted by atomic mass is 10.0. The van der Waals surface area contributed by atoms with Crippen molar-refractivity contribution in [2.75, 3.05) is 7.11 Å². The molecule has 0 N–H and O–H groups in total. The molecule has 0 saturated heterocycles. The normalized spacial score (nSPS) is 10.3. The molecule has 2 rings (SSSR count). The van der Waals surface area contributed by atoms with E-state index in [1.54, 1.807) is 12.1 Å². The van der Waals surface area contributed by atoms with Crippen molar-refractivity contribution in [2.45, 2.75) is 6.92 Å². The first-order chi connectivity index (χ1) is 9.02. The van der Waals surface area contributed by atoms with E-state index in [1.165, 1.54) is 19.2 Å². The van der Waals surface area contributed by atoms with Crippen molar-refractivity contribution >= 4 is 21.7 Å². The third kappa shape index (κ3) is 2.84. The minimum absolute atomic E-state index is 0.125. The van der Waals surface area contributed by atoms with Gasteiger partial charge in [-0.25, -0.2) is 4.39 Å². The fraction of sp³-hybridized carbons (Fsp3) is 0.133. The zero-order chi connectivity index (χ0) is 14.0.